The van der Waals surface area contributed by atoms with Crippen molar-refractivity contribution >= 4 is 15.9 Å². The molecule has 92 valence electrons. The summed E-state index contributed by atoms with van der Waals surface area (Å²) in [5.41, 5.74) is 1.27. The van der Waals surface area contributed by atoms with Gasteiger partial charge in [0.25, 0.3) is 0 Å². The predicted molar refractivity (Wildman–Crippen MR) is 64.9 cm³/mol. The van der Waals surface area contributed by atoms with Crippen molar-refractivity contribution in [3.8, 4) is 5.75 Å². The Kier molecular flexibility index (Phi) is 3.54. The van der Waals surface area contributed by atoms with E-state index < -0.39 is 6.10 Å². The Bertz CT molecular complexity index is 485. The molecule has 0 aliphatic carbocycles. The van der Waals surface area contributed by atoms with Crippen LogP contribution >= 0.6 is 15.9 Å². The highest BCUT2D eigenvalue weighted by Gasteiger charge is 2.24. The molecule has 0 saturated heterocycles. The lowest BCUT2D eigenvalue weighted by Gasteiger charge is -2.13. The van der Waals surface area contributed by atoms with Gasteiger partial charge in [0, 0.05) is 12.1 Å². The maximum atomic E-state index is 10.3. The molecule has 0 spiro atoms. The third-order valence-electron chi connectivity index (χ3n) is 2.56. The van der Waals surface area contributed by atoms with Crippen LogP contribution in [0.1, 0.15) is 24.3 Å². The number of ether oxygens (including phenoxy) is 1. The van der Waals surface area contributed by atoms with E-state index in [4.69, 9.17) is 9.15 Å². The van der Waals surface area contributed by atoms with Gasteiger partial charge in [-0.15, -0.1) is 0 Å². The fourth-order valence-corrected chi connectivity index (χ4v) is 2.17. The summed E-state index contributed by atoms with van der Waals surface area (Å²) in [5.74, 6) is 0.562. The smallest absolute Gasteiger partial charge is 0.175 e. The third-order valence-corrected chi connectivity index (χ3v) is 3.21. The molecule has 0 saturated carbocycles. The fraction of sp³-hybridized carbons (Fsp3) is 0.364. The zero-order chi connectivity index (χ0) is 12.4. The van der Waals surface area contributed by atoms with Crippen LogP contribution in [0.4, 0.5) is 0 Å². The van der Waals surface area contributed by atoms with Crippen molar-refractivity contribution in [1.29, 1.82) is 0 Å². The van der Waals surface area contributed by atoms with Crippen LogP contribution in [-0.2, 0) is 6.54 Å². The van der Waals surface area contributed by atoms with Crippen LogP contribution in [0.2, 0.25) is 0 Å². The Morgan fingerprint density at radius 3 is 2.94 bits per heavy atom. The fourth-order valence-electron chi connectivity index (χ4n) is 1.71. The molecule has 0 aromatic carbocycles. The summed E-state index contributed by atoms with van der Waals surface area (Å²) >= 11 is 3.25. The average molecular weight is 301 g/mol. The monoisotopic (exact) mass is 300 g/mol. The molecule has 1 N–H and O–H groups in total. The summed E-state index contributed by atoms with van der Waals surface area (Å²) in [5, 5.41) is 14.5. The first-order valence-electron chi connectivity index (χ1n) is 5.19. The summed E-state index contributed by atoms with van der Waals surface area (Å²) < 4.78 is 12.5. The van der Waals surface area contributed by atoms with E-state index in [2.05, 4.69) is 21.0 Å². The molecule has 0 bridgehead atoms. The molecule has 2 aromatic heterocycles. The maximum Gasteiger partial charge on any atom is 0.175 e. The molecule has 0 amide bonds. The molecule has 0 radical (unpaired) electrons. The van der Waals surface area contributed by atoms with Crippen molar-refractivity contribution < 1.29 is 14.3 Å². The van der Waals surface area contributed by atoms with E-state index in [1.54, 1.807) is 24.1 Å². The highest BCUT2D eigenvalue weighted by atomic mass is 79.9. The van der Waals surface area contributed by atoms with E-state index in [0.29, 0.717) is 28.2 Å². The summed E-state index contributed by atoms with van der Waals surface area (Å²) in [6.07, 6.45) is 2.28. The van der Waals surface area contributed by atoms with Gasteiger partial charge in [-0.25, -0.2) is 0 Å². The second-order valence-corrected chi connectivity index (χ2v) is 4.19. The van der Waals surface area contributed by atoms with Crippen molar-refractivity contribution in [1.82, 2.24) is 9.78 Å². The Morgan fingerprint density at radius 2 is 2.41 bits per heavy atom. The van der Waals surface area contributed by atoms with Crippen LogP contribution in [0.15, 0.2) is 27.6 Å². The lowest BCUT2D eigenvalue weighted by atomic mass is 10.1. The molecule has 2 heterocycles. The number of aromatic nitrogens is 2. The zero-order valence-corrected chi connectivity index (χ0v) is 11.1. The summed E-state index contributed by atoms with van der Waals surface area (Å²) in [6, 6.07) is 1.71. The second kappa shape index (κ2) is 4.93. The number of furan rings is 1. The van der Waals surface area contributed by atoms with E-state index in [1.165, 1.54) is 6.26 Å². The molecule has 0 aliphatic rings. The summed E-state index contributed by atoms with van der Waals surface area (Å²) in [4.78, 5) is 0. The Balaban J connectivity index is 2.45. The highest BCUT2D eigenvalue weighted by molar-refractivity contribution is 9.10. The Morgan fingerprint density at radius 1 is 1.65 bits per heavy atom. The minimum Gasteiger partial charge on any atom is -0.493 e. The van der Waals surface area contributed by atoms with E-state index >= 15 is 0 Å². The first-order chi connectivity index (χ1) is 8.19. The topological polar surface area (TPSA) is 60.4 Å². The summed E-state index contributed by atoms with van der Waals surface area (Å²) in [7, 11) is 1.55. The molecular formula is C11H13BrN2O3. The first-order valence-corrected chi connectivity index (χ1v) is 5.99. The lowest BCUT2D eigenvalue weighted by molar-refractivity contribution is 0.200. The molecule has 5 nitrogen and oxygen atoms in total. The molecule has 2 rings (SSSR count). The van der Waals surface area contributed by atoms with Gasteiger partial charge in [-0.2, -0.15) is 5.10 Å². The number of hydrogen-bond donors (Lipinski definition) is 1. The Hall–Kier alpha value is -1.27. The summed E-state index contributed by atoms with van der Waals surface area (Å²) in [6.45, 7) is 2.61. The number of hydrogen-bond acceptors (Lipinski definition) is 4. The van der Waals surface area contributed by atoms with E-state index in [0.717, 1.165) is 0 Å². The third kappa shape index (κ3) is 2.10. The molecule has 17 heavy (non-hydrogen) atoms. The maximum absolute atomic E-state index is 10.3. The number of aryl methyl sites for hydroxylation is 1. The van der Waals surface area contributed by atoms with Crippen LogP contribution in [0.25, 0.3) is 0 Å². The van der Waals surface area contributed by atoms with Gasteiger partial charge in [-0.05, 0) is 28.9 Å². The number of aliphatic hydroxyl groups is 1. The zero-order valence-electron chi connectivity index (χ0n) is 9.55. The van der Waals surface area contributed by atoms with E-state index in [1.807, 2.05) is 6.92 Å². The number of halogens is 1. The van der Waals surface area contributed by atoms with Crippen molar-refractivity contribution in [3.05, 3.63) is 34.5 Å². The highest BCUT2D eigenvalue weighted by Crippen LogP contribution is 2.34. The molecule has 1 atom stereocenters. The largest absolute Gasteiger partial charge is 0.493 e. The predicted octanol–water partition coefficient (Wildman–Crippen LogP) is 2.35. The number of rotatable bonds is 4. The van der Waals surface area contributed by atoms with Crippen LogP contribution in [0, 0.1) is 0 Å². The normalized spacial score (nSPS) is 12.7. The van der Waals surface area contributed by atoms with Crippen molar-refractivity contribution in [2.75, 3.05) is 7.11 Å². The molecule has 0 aliphatic heterocycles. The molecule has 1 unspecified atom stereocenters. The van der Waals surface area contributed by atoms with Gasteiger partial charge in [-0.1, -0.05) is 0 Å². The number of aliphatic hydroxyl groups excluding tert-OH is 1. The average Bonchev–Trinajstić information content (AvgIpc) is 2.93. The quantitative estimate of drug-likeness (QED) is 0.941. The van der Waals surface area contributed by atoms with E-state index in [9.17, 15) is 5.11 Å². The minimum absolute atomic E-state index is 0.510. The van der Waals surface area contributed by atoms with Gasteiger partial charge >= 0.3 is 0 Å². The molecule has 0 fully saturated rings. The van der Waals surface area contributed by atoms with Gasteiger partial charge in [0.15, 0.2) is 10.4 Å². The number of nitrogens with zero attached hydrogens (tertiary/aromatic N) is 2. The standard InChI is InChI=1S/C11H13BrN2O3/c1-3-14-9(8(16-2)6-13-14)10(15)7-4-5-17-11(7)12/h4-6,10,15H,3H2,1-2H3. The molecule has 6 heteroatoms. The van der Waals surface area contributed by atoms with Crippen LogP contribution in [0.3, 0.4) is 0 Å². The lowest BCUT2D eigenvalue weighted by Crippen LogP contribution is -2.10. The van der Waals surface area contributed by atoms with E-state index in [-0.39, 0.29) is 0 Å². The second-order valence-electron chi connectivity index (χ2n) is 3.47. The van der Waals surface area contributed by atoms with Crippen LogP contribution in [-0.4, -0.2) is 22.0 Å². The minimum atomic E-state index is -0.833. The van der Waals surface area contributed by atoms with Gasteiger partial charge < -0.3 is 14.3 Å². The molecular weight excluding hydrogens is 288 g/mol. The molecule has 2 aromatic rings. The first kappa shape index (κ1) is 12.2. The van der Waals surface area contributed by atoms with Crippen molar-refractivity contribution in [2.24, 2.45) is 0 Å². The van der Waals surface area contributed by atoms with Crippen LogP contribution < -0.4 is 4.74 Å². The van der Waals surface area contributed by atoms with Crippen molar-refractivity contribution in [3.63, 3.8) is 0 Å². The van der Waals surface area contributed by atoms with Crippen molar-refractivity contribution in [2.45, 2.75) is 19.6 Å². The van der Waals surface area contributed by atoms with Gasteiger partial charge in [0.1, 0.15) is 11.8 Å². The van der Waals surface area contributed by atoms with Gasteiger partial charge in [0.2, 0.25) is 0 Å². The SMILES string of the molecule is CCn1ncc(OC)c1C(O)c1ccoc1Br. The van der Waals surface area contributed by atoms with Gasteiger partial charge in [0.05, 0.1) is 19.6 Å². The van der Waals surface area contributed by atoms with Crippen LogP contribution in [0.5, 0.6) is 5.75 Å². The number of methoxy groups -OCH3 is 1. The van der Waals surface area contributed by atoms with Gasteiger partial charge in [-0.3, -0.25) is 4.68 Å². The Labute approximate surface area is 107 Å².